The molecule has 0 aliphatic carbocycles. The van der Waals surface area contributed by atoms with Crippen LogP contribution in [0, 0.1) is 0 Å². The number of rotatable bonds is 2. The molecule has 0 spiro atoms. The predicted octanol–water partition coefficient (Wildman–Crippen LogP) is 1.47. The SMILES string of the molecule is CN1CC(c2cnn3c(N)c(Br)c(C4CNCCS4)nc23)C=N1. The summed E-state index contributed by atoms with van der Waals surface area (Å²) in [5.41, 5.74) is 9.21. The van der Waals surface area contributed by atoms with Crippen LogP contribution in [0.25, 0.3) is 5.65 Å². The third-order valence-corrected chi connectivity index (χ3v) is 6.26. The molecule has 122 valence electrons. The minimum atomic E-state index is 0.204. The van der Waals surface area contributed by atoms with E-state index in [9.17, 15) is 0 Å². The molecule has 2 unspecified atom stereocenters. The van der Waals surface area contributed by atoms with Crippen LogP contribution < -0.4 is 11.1 Å². The van der Waals surface area contributed by atoms with Crippen LogP contribution in [0.4, 0.5) is 5.82 Å². The monoisotopic (exact) mass is 395 g/mol. The first-order valence-electron chi connectivity index (χ1n) is 7.55. The molecule has 0 aromatic carbocycles. The highest BCUT2D eigenvalue weighted by atomic mass is 79.9. The van der Waals surface area contributed by atoms with Gasteiger partial charge in [-0.3, -0.25) is 5.01 Å². The number of nitrogen functional groups attached to an aromatic ring is 1. The Morgan fingerprint density at radius 1 is 1.48 bits per heavy atom. The summed E-state index contributed by atoms with van der Waals surface area (Å²) in [6.45, 7) is 2.79. The van der Waals surface area contributed by atoms with Crippen LogP contribution in [0.15, 0.2) is 15.8 Å². The van der Waals surface area contributed by atoms with Gasteiger partial charge in [-0.2, -0.15) is 14.7 Å². The number of fused-ring (bicyclic) bond motifs is 1. The molecular formula is C14H18BrN7S. The van der Waals surface area contributed by atoms with Gasteiger partial charge < -0.3 is 11.1 Å². The van der Waals surface area contributed by atoms with Crippen LogP contribution in [0.3, 0.4) is 0 Å². The number of hydrazone groups is 1. The van der Waals surface area contributed by atoms with Gasteiger partial charge in [0.05, 0.1) is 21.6 Å². The molecule has 1 fully saturated rings. The molecule has 2 atom stereocenters. The number of hydrogen-bond donors (Lipinski definition) is 2. The van der Waals surface area contributed by atoms with Gasteiger partial charge in [0.1, 0.15) is 5.82 Å². The first-order chi connectivity index (χ1) is 11.1. The molecular weight excluding hydrogens is 378 g/mol. The highest BCUT2D eigenvalue weighted by Crippen LogP contribution is 2.37. The molecule has 2 aliphatic heterocycles. The fraction of sp³-hybridized carbons (Fsp3) is 0.500. The molecule has 1 saturated heterocycles. The summed E-state index contributed by atoms with van der Waals surface area (Å²) in [6.07, 6.45) is 3.81. The number of nitrogens with zero attached hydrogens (tertiary/aromatic N) is 5. The maximum Gasteiger partial charge on any atom is 0.161 e. The zero-order valence-electron chi connectivity index (χ0n) is 12.7. The van der Waals surface area contributed by atoms with Crippen molar-refractivity contribution < 1.29 is 0 Å². The largest absolute Gasteiger partial charge is 0.383 e. The molecule has 2 aromatic rings. The van der Waals surface area contributed by atoms with Gasteiger partial charge in [0.15, 0.2) is 5.65 Å². The topological polar surface area (TPSA) is 83.8 Å². The van der Waals surface area contributed by atoms with E-state index >= 15 is 0 Å². The van der Waals surface area contributed by atoms with Gasteiger partial charge in [-0.05, 0) is 15.9 Å². The molecule has 9 heteroatoms. The zero-order valence-corrected chi connectivity index (χ0v) is 15.1. The van der Waals surface area contributed by atoms with Gasteiger partial charge in [-0.25, -0.2) is 4.98 Å². The van der Waals surface area contributed by atoms with E-state index in [1.807, 2.05) is 36.2 Å². The van der Waals surface area contributed by atoms with Crippen molar-refractivity contribution in [2.45, 2.75) is 11.2 Å². The van der Waals surface area contributed by atoms with Gasteiger partial charge in [0, 0.05) is 50.1 Å². The summed E-state index contributed by atoms with van der Waals surface area (Å²) in [4.78, 5) is 4.92. The van der Waals surface area contributed by atoms with E-state index in [0.29, 0.717) is 11.1 Å². The van der Waals surface area contributed by atoms with Crippen molar-refractivity contribution in [3.05, 3.63) is 21.9 Å². The van der Waals surface area contributed by atoms with Crippen LogP contribution in [-0.2, 0) is 0 Å². The summed E-state index contributed by atoms with van der Waals surface area (Å²) >= 11 is 5.53. The summed E-state index contributed by atoms with van der Waals surface area (Å²) in [5, 5.41) is 14.4. The molecule has 4 heterocycles. The lowest BCUT2D eigenvalue weighted by Gasteiger charge is -2.23. The molecule has 2 aromatic heterocycles. The lowest BCUT2D eigenvalue weighted by molar-refractivity contribution is 0.381. The average molecular weight is 396 g/mol. The Balaban J connectivity index is 1.81. The van der Waals surface area contributed by atoms with Crippen molar-refractivity contribution in [3.8, 4) is 0 Å². The first kappa shape index (κ1) is 15.2. The Labute approximate surface area is 146 Å². The van der Waals surface area contributed by atoms with E-state index in [2.05, 4.69) is 31.4 Å². The quantitative estimate of drug-likeness (QED) is 0.800. The van der Waals surface area contributed by atoms with Crippen molar-refractivity contribution in [2.75, 3.05) is 38.2 Å². The number of nitrogens with two attached hydrogens (primary N) is 1. The number of likely N-dealkylation sites (N-methyl/N-ethyl adjacent to an activating group) is 1. The molecule has 0 radical (unpaired) electrons. The van der Waals surface area contributed by atoms with E-state index in [1.54, 1.807) is 4.52 Å². The summed E-state index contributed by atoms with van der Waals surface area (Å²) in [5.74, 6) is 1.89. The van der Waals surface area contributed by atoms with Crippen molar-refractivity contribution >= 4 is 45.4 Å². The van der Waals surface area contributed by atoms with Crippen LogP contribution in [0.5, 0.6) is 0 Å². The third-order valence-electron chi connectivity index (χ3n) is 4.21. The number of nitrogens with one attached hydrogen (secondary N) is 1. The Hall–Kier alpha value is -1.32. The van der Waals surface area contributed by atoms with Gasteiger partial charge in [-0.1, -0.05) is 0 Å². The normalized spacial score (nSPS) is 24.7. The molecule has 2 aliphatic rings. The van der Waals surface area contributed by atoms with Crippen LogP contribution >= 0.6 is 27.7 Å². The first-order valence-corrected chi connectivity index (χ1v) is 9.39. The second-order valence-electron chi connectivity index (χ2n) is 5.81. The Morgan fingerprint density at radius 3 is 3.04 bits per heavy atom. The standard InChI is InChI=1S/C14H18BrN7S/c1-21-7-8(4-18-21)9-5-19-22-13(16)11(15)12(20-14(9)22)10-6-17-2-3-23-10/h4-5,8,10,17H,2-3,6-7,16H2,1H3. The molecule has 7 nitrogen and oxygen atoms in total. The maximum atomic E-state index is 6.30. The van der Waals surface area contributed by atoms with Gasteiger partial charge in [0.2, 0.25) is 0 Å². The molecule has 0 bridgehead atoms. The minimum Gasteiger partial charge on any atom is -0.383 e. The Morgan fingerprint density at radius 2 is 2.35 bits per heavy atom. The lowest BCUT2D eigenvalue weighted by Crippen LogP contribution is -2.29. The van der Waals surface area contributed by atoms with Gasteiger partial charge in [-0.15, -0.1) is 11.8 Å². The fourth-order valence-corrected chi connectivity index (χ4v) is 4.79. The molecule has 4 rings (SSSR count). The average Bonchev–Trinajstić information content (AvgIpc) is 3.17. The number of anilines is 1. The Bertz CT molecular complexity index is 768. The van der Waals surface area contributed by atoms with E-state index in [-0.39, 0.29) is 5.92 Å². The van der Waals surface area contributed by atoms with Crippen LogP contribution in [0.2, 0.25) is 0 Å². The second kappa shape index (κ2) is 5.95. The van der Waals surface area contributed by atoms with Crippen molar-refractivity contribution in [3.63, 3.8) is 0 Å². The minimum absolute atomic E-state index is 0.204. The predicted molar refractivity (Wildman–Crippen MR) is 97.0 cm³/mol. The van der Waals surface area contributed by atoms with Crippen LogP contribution in [0.1, 0.15) is 22.4 Å². The number of thioether (sulfide) groups is 1. The van der Waals surface area contributed by atoms with Crippen molar-refractivity contribution in [2.24, 2.45) is 5.10 Å². The number of aromatic nitrogens is 3. The molecule has 3 N–H and O–H groups in total. The summed E-state index contributed by atoms with van der Waals surface area (Å²) < 4.78 is 2.56. The van der Waals surface area contributed by atoms with Crippen LogP contribution in [-0.4, -0.2) is 58.3 Å². The summed E-state index contributed by atoms with van der Waals surface area (Å²) in [7, 11) is 1.97. The van der Waals surface area contributed by atoms with E-state index in [4.69, 9.17) is 10.7 Å². The molecule has 0 amide bonds. The van der Waals surface area contributed by atoms with E-state index in [0.717, 1.165) is 46.8 Å². The van der Waals surface area contributed by atoms with Crippen molar-refractivity contribution in [1.29, 1.82) is 0 Å². The van der Waals surface area contributed by atoms with Gasteiger partial charge >= 0.3 is 0 Å². The Kier molecular flexibility index (Phi) is 3.94. The molecule has 0 saturated carbocycles. The molecule has 23 heavy (non-hydrogen) atoms. The van der Waals surface area contributed by atoms with E-state index in [1.165, 1.54) is 0 Å². The highest BCUT2D eigenvalue weighted by Gasteiger charge is 2.27. The maximum absolute atomic E-state index is 6.30. The third kappa shape index (κ3) is 2.60. The lowest BCUT2D eigenvalue weighted by atomic mass is 10.0. The van der Waals surface area contributed by atoms with Crippen molar-refractivity contribution in [1.82, 2.24) is 24.9 Å². The smallest absolute Gasteiger partial charge is 0.161 e. The summed E-state index contributed by atoms with van der Waals surface area (Å²) in [6, 6.07) is 0. The fourth-order valence-electron chi connectivity index (χ4n) is 3.00. The van der Waals surface area contributed by atoms with Gasteiger partial charge in [0.25, 0.3) is 0 Å². The second-order valence-corrected chi connectivity index (χ2v) is 7.91. The van der Waals surface area contributed by atoms with E-state index < -0.39 is 0 Å². The number of hydrogen-bond acceptors (Lipinski definition) is 7. The number of halogens is 1. The highest BCUT2D eigenvalue weighted by molar-refractivity contribution is 9.10. The zero-order chi connectivity index (χ0) is 16.0.